The third-order valence-corrected chi connectivity index (χ3v) is 6.27. The van der Waals surface area contributed by atoms with Gasteiger partial charge in [0, 0.05) is 31.4 Å². The number of nitrogens with zero attached hydrogens (tertiary/aromatic N) is 5. The van der Waals surface area contributed by atoms with Crippen LogP contribution in [0.5, 0.6) is 0 Å². The number of fused-ring (bicyclic) bond motifs is 1. The molecule has 33 heavy (non-hydrogen) atoms. The van der Waals surface area contributed by atoms with Gasteiger partial charge in [0.2, 0.25) is 11.9 Å². The second-order valence-electron chi connectivity index (χ2n) is 8.49. The summed E-state index contributed by atoms with van der Waals surface area (Å²) in [6.45, 7) is 1.22. The van der Waals surface area contributed by atoms with Gasteiger partial charge >= 0.3 is 0 Å². The van der Waals surface area contributed by atoms with Crippen molar-refractivity contribution in [3.05, 3.63) is 65.0 Å². The maximum absolute atomic E-state index is 12.7. The Morgan fingerprint density at radius 1 is 1.09 bits per heavy atom. The highest BCUT2D eigenvalue weighted by atomic mass is 16.2. The molecule has 11 nitrogen and oxygen atoms in total. The minimum absolute atomic E-state index is 0.00584. The molecule has 0 fully saturated rings. The first-order valence-corrected chi connectivity index (χ1v) is 11.0. The Balaban J connectivity index is 1.06. The van der Waals surface area contributed by atoms with Gasteiger partial charge in [-0.2, -0.15) is 10.6 Å². The number of carbonyl (C=O) groups is 1. The van der Waals surface area contributed by atoms with E-state index >= 15 is 0 Å². The van der Waals surface area contributed by atoms with Gasteiger partial charge in [-0.15, -0.1) is 0 Å². The van der Waals surface area contributed by atoms with Crippen molar-refractivity contribution in [1.29, 1.82) is 0 Å². The first kappa shape index (κ1) is 19.7. The summed E-state index contributed by atoms with van der Waals surface area (Å²) in [7, 11) is 0. The van der Waals surface area contributed by atoms with Crippen molar-refractivity contribution in [1.82, 2.24) is 46.4 Å². The normalized spacial score (nSPS) is 17.4. The van der Waals surface area contributed by atoms with Gasteiger partial charge in [0.25, 0.3) is 0 Å². The number of rotatable bonds is 5. The summed E-state index contributed by atoms with van der Waals surface area (Å²) in [4.78, 5) is 27.9. The molecule has 1 aliphatic carbocycles. The molecule has 0 atom stereocenters. The molecule has 1 amide bonds. The van der Waals surface area contributed by atoms with Gasteiger partial charge in [0.1, 0.15) is 5.82 Å². The van der Waals surface area contributed by atoms with Crippen molar-refractivity contribution in [3.63, 3.8) is 0 Å². The van der Waals surface area contributed by atoms with E-state index in [1.807, 2.05) is 4.90 Å². The number of hydrogen-bond acceptors (Lipinski definition) is 9. The van der Waals surface area contributed by atoms with Crippen molar-refractivity contribution < 1.29 is 4.79 Å². The minimum atomic E-state index is 0.00584. The molecule has 2 aromatic heterocycles. The van der Waals surface area contributed by atoms with E-state index in [0.717, 1.165) is 30.7 Å². The van der Waals surface area contributed by atoms with E-state index in [-0.39, 0.29) is 12.3 Å². The highest BCUT2D eigenvalue weighted by Gasteiger charge is 2.26. The third-order valence-electron chi connectivity index (χ3n) is 6.27. The van der Waals surface area contributed by atoms with Crippen molar-refractivity contribution >= 4 is 11.9 Å². The number of hydrazine groups is 2. The smallest absolute Gasteiger partial charge is 0.230 e. The molecule has 0 spiro atoms. The quantitative estimate of drug-likeness (QED) is 0.380. The molecule has 0 radical (unpaired) electrons. The van der Waals surface area contributed by atoms with Crippen molar-refractivity contribution in [2.24, 2.45) is 0 Å². The van der Waals surface area contributed by atoms with Crippen LogP contribution in [0.4, 0.5) is 5.95 Å². The van der Waals surface area contributed by atoms with Crippen LogP contribution in [-0.4, -0.2) is 55.1 Å². The lowest BCUT2D eigenvalue weighted by Gasteiger charge is -2.26. The Morgan fingerprint density at radius 3 is 2.64 bits per heavy atom. The number of aromatic nitrogens is 5. The molecule has 168 valence electrons. The first-order chi connectivity index (χ1) is 16.2. The number of anilines is 1. The predicted octanol–water partition coefficient (Wildman–Crippen LogP) is 0.440. The largest absolute Gasteiger partial charge is 0.351 e. The van der Waals surface area contributed by atoms with Gasteiger partial charge < -0.3 is 21.1 Å². The van der Waals surface area contributed by atoms with Crippen LogP contribution < -0.4 is 21.7 Å². The lowest BCUT2D eigenvalue weighted by molar-refractivity contribution is -0.130. The zero-order valence-corrected chi connectivity index (χ0v) is 17.9. The van der Waals surface area contributed by atoms with Gasteiger partial charge in [-0.3, -0.25) is 9.89 Å². The summed E-state index contributed by atoms with van der Waals surface area (Å²) in [5, 5.41) is 10.5. The Morgan fingerprint density at radius 2 is 1.85 bits per heavy atom. The third kappa shape index (κ3) is 3.98. The predicted molar refractivity (Wildman–Crippen MR) is 120 cm³/mol. The lowest BCUT2D eigenvalue weighted by Crippen LogP contribution is -2.40. The fraction of sp³-hybridized carbons (Fsp3) is 0.318. The van der Waals surface area contributed by atoms with Gasteiger partial charge in [0.15, 0.2) is 5.82 Å². The van der Waals surface area contributed by atoms with Gasteiger partial charge in [-0.1, -0.05) is 24.3 Å². The second kappa shape index (κ2) is 8.17. The molecular weight excluding hydrogens is 420 g/mol. The number of nitrogens with one attached hydrogen (secondary N) is 5. The summed E-state index contributed by atoms with van der Waals surface area (Å²) >= 11 is 0. The number of carbonyl (C=O) groups excluding carboxylic acids is 1. The van der Waals surface area contributed by atoms with E-state index in [4.69, 9.17) is 0 Å². The van der Waals surface area contributed by atoms with Crippen molar-refractivity contribution in [3.8, 4) is 11.4 Å². The molecule has 3 aliphatic rings. The minimum Gasteiger partial charge on any atom is -0.351 e. The number of aromatic amines is 1. The molecule has 0 saturated carbocycles. The summed E-state index contributed by atoms with van der Waals surface area (Å²) < 4.78 is 0. The van der Waals surface area contributed by atoms with E-state index in [1.165, 1.54) is 11.1 Å². The van der Waals surface area contributed by atoms with Crippen LogP contribution in [0.2, 0.25) is 0 Å². The van der Waals surface area contributed by atoms with E-state index in [9.17, 15) is 4.79 Å². The summed E-state index contributed by atoms with van der Waals surface area (Å²) in [5.74, 6) is 1.60. The van der Waals surface area contributed by atoms with E-state index < -0.39 is 0 Å². The van der Waals surface area contributed by atoms with Crippen LogP contribution >= 0.6 is 0 Å². The Hall–Kier alpha value is -3.99. The number of hydrogen-bond donors (Lipinski definition) is 5. The zero-order chi connectivity index (χ0) is 22.2. The number of H-pyrrole nitrogens is 1. The maximum Gasteiger partial charge on any atom is 0.230 e. The van der Waals surface area contributed by atoms with Gasteiger partial charge in [0.05, 0.1) is 29.9 Å². The van der Waals surface area contributed by atoms with Gasteiger partial charge in [-0.25, -0.2) is 15.0 Å². The molecule has 4 heterocycles. The summed E-state index contributed by atoms with van der Waals surface area (Å²) in [6.07, 6.45) is 6.30. The zero-order valence-electron chi connectivity index (χ0n) is 17.9. The standard InChI is InChI=1S/C22H24N10O/c33-20(32-6-5-17-18(12-32)28-31-27-17)9-19-26-21(30-29-19)15-10-23-22(24-11-15)25-16-7-13-3-1-2-4-14(13)8-16/h1-4,10-11,16,27-28,31H,5-9,12H2,(H,23,24,25)(H,26,29,30). The molecular formula is C22H24N10O. The number of amides is 1. The number of benzene rings is 1. The van der Waals surface area contributed by atoms with Crippen LogP contribution in [0.1, 0.15) is 23.4 Å². The van der Waals surface area contributed by atoms with Crippen LogP contribution in [0.3, 0.4) is 0 Å². The fourth-order valence-corrected chi connectivity index (χ4v) is 4.53. The average Bonchev–Trinajstić information content (AvgIpc) is 3.58. The molecule has 2 aliphatic heterocycles. The molecule has 11 heteroatoms. The Kier molecular flexibility index (Phi) is 4.87. The monoisotopic (exact) mass is 444 g/mol. The topological polar surface area (TPSA) is 136 Å². The molecule has 0 bridgehead atoms. The molecule has 5 N–H and O–H groups in total. The van der Waals surface area contributed by atoms with Crippen LogP contribution in [0, 0.1) is 0 Å². The van der Waals surface area contributed by atoms with Crippen LogP contribution in [-0.2, 0) is 24.1 Å². The maximum atomic E-state index is 12.7. The lowest BCUT2D eigenvalue weighted by atomic mass is 10.1. The molecule has 6 rings (SSSR count). The van der Waals surface area contributed by atoms with Gasteiger partial charge in [-0.05, 0) is 24.0 Å². The van der Waals surface area contributed by atoms with E-state index in [0.29, 0.717) is 42.3 Å². The molecule has 3 aromatic rings. The second-order valence-corrected chi connectivity index (χ2v) is 8.49. The Labute approximate surface area is 190 Å². The van der Waals surface area contributed by atoms with E-state index in [2.05, 4.69) is 71.1 Å². The highest BCUT2D eigenvalue weighted by Crippen LogP contribution is 2.24. The summed E-state index contributed by atoms with van der Waals surface area (Å²) in [5.41, 5.74) is 14.5. The SMILES string of the molecule is O=C(Cc1nc(-c2cnc(NC3Cc4ccccc4C3)nc2)n[nH]1)N1CCC2=C(C1)NNN2. The molecule has 0 unspecified atom stereocenters. The van der Waals surface area contributed by atoms with Crippen molar-refractivity contribution in [2.75, 3.05) is 18.4 Å². The molecule has 0 saturated heterocycles. The first-order valence-electron chi connectivity index (χ1n) is 11.0. The van der Waals surface area contributed by atoms with Crippen LogP contribution in [0.25, 0.3) is 11.4 Å². The van der Waals surface area contributed by atoms with E-state index in [1.54, 1.807) is 12.4 Å². The summed E-state index contributed by atoms with van der Waals surface area (Å²) in [6, 6.07) is 8.79. The average molecular weight is 445 g/mol. The fourth-order valence-electron chi connectivity index (χ4n) is 4.53. The van der Waals surface area contributed by atoms with Crippen LogP contribution in [0.15, 0.2) is 48.1 Å². The van der Waals surface area contributed by atoms with Crippen molar-refractivity contribution in [2.45, 2.75) is 31.7 Å². The Bertz CT molecular complexity index is 1190. The molecule has 1 aromatic carbocycles. The highest BCUT2D eigenvalue weighted by molar-refractivity contribution is 5.78.